The predicted molar refractivity (Wildman–Crippen MR) is 61.5 cm³/mol. The number of benzene rings is 1. The van der Waals surface area contributed by atoms with E-state index in [1.165, 1.54) is 17.3 Å². The highest BCUT2D eigenvalue weighted by Gasteiger charge is 2.06. The quantitative estimate of drug-likeness (QED) is 0.705. The molecule has 1 aromatic rings. The second-order valence-corrected chi connectivity index (χ2v) is 5.02. The van der Waals surface area contributed by atoms with Crippen molar-refractivity contribution < 1.29 is 4.79 Å². The first kappa shape index (κ1) is 11.3. The number of carbonyl (C=O) groups is 1. The van der Waals surface area contributed by atoms with E-state index < -0.39 is 0 Å². The van der Waals surface area contributed by atoms with E-state index in [9.17, 15) is 4.79 Å². The van der Waals surface area contributed by atoms with Gasteiger partial charge in [0.1, 0.15) is 0 Å². The van der Waals surface area contributed by atoms with Crippen molar-refractivity contribution in [2.24, 2.45) is 5.92 Å². The molecule has 76 valence electrons. The summed E-state index contributed by atoms with van der Waals surface area (Å²) in [5, 5.41) is 0.254. The Morgan fingerprint density at radius 2 is 1.86 bits per heavy atom. The highest BCUT2D eigenvalue weighted by Crippen LogP contribution is 2.22. The maximum absolute atomic E-state index is 11.5. The van der Waals surface area contributed by atoms with E-state index in [4.69, 9.17) is 0 Å². The van der Waals surface area contributed by atoms with Crippen LogP contribution in [0.25, 0.3) is 0 Å². The number of aryl methyl sites for hydroxylation is 1. The van der Waals surface area contributed by atoms with Crippen LogP contribution < -0.4 is 0 Å². The lowest BCUT2D eigenvalue weighted by molar-refractivity contribution is -0.111. The molecule has 1 rings (SSSR count). The molecule has 2 heteroatoms. The number of hydrogen-bond donors (Lipinski definition) is 0. The minimum atomic E-state index is 0.254. The molecule has 0 heterocycles. The zero-order valence-corrected chi connectivity index (χ0v) is 9.73. The average Bonchev–Trinajstić information content (AvgIpc) is 2.07. The summed E-state index contributed by atoms with van der Waals surface area (Å²) in [4.78, 5) is 12.5. The molecule has 0 saturated heterocycles. The summed E-state index contributed by atoms with van der Waals surface area (Å²) in [6.07, 6.45) is 0.651. The molecule has 14 heavy (non-hydrogen) atoms. The summed E-state index contributed by atoms with van der Waals surface area (Å²) < 4.78 is 0. The molecule has 0 unspecified atom stereocenters. The SMILES string of the molecule is Cc1ccc(SC(=O)CC(C)C)cc1. The van der Waals surface area contributed by atoms with Gasteiger partial charge in [-0.2, -0.15) is 0 Å². The molecule has 1 nitrogen and oxygen atoms in total. The Bertz CT molecular complexity index is 301. The van der Waals surface area contributed by atoms with Crippen LogP contribution in [0.15, 0.2) is 29.2 Å². The maximum atomic E-state index is 11.5. The van der Waals surface area contributed by atoms with Crippen LogP contribution in [0, 0.1) is 12.8 Å². The van der Waals surface area contributed by atoms with Crippen LogP contribution >= 0.6 is 11.8 Å². The summed E-state index contributed by atoms with van der Waals surface area (Å²) in [6.45, 7) is 6.17. The lowest BCUT2D eigenvalue weighted by atomic mass is 10.2. The van der Waals surface area contributed by atoms with Crippen molar-refractivity contribution in [3.63, 3.8) is 0 Å². The number of carbonyl (C=O) groups excluding carboxylic acids is 1. The normalized spacial score (nSPS) is 10.6. The van der Waals surface area contributed by atoms with Crippen LogP contribution in [0.3, 0.4) is 0 Å². The van der Waals surface area contributed by atoms with Gasteiger partial charge in [0.05, 0.1) is 0 Å². The molecule has 0 aliphatic heterocycles. The van der Waals surface area contributed by atoms with E-state index in [1.807, 2.05) is 31.2 Å². The van der Waals surface area contributed by atoms with Gasteiger partial charge in [-0.1, -0.05) is 43.3 Å². The summed E-state index contributed by atoms with van der Waals surface area (Å²) in [5.41, 5.74) is 1.23. The van der Waals surface area contributed by atoms with Crippen LogP contribution in [-0.4, -0.2) is 5.12 Å². The van der Waals surface area contributed by atoms with Gasteiger partial charge in [0.15, 0.2) is 5.12 Å². The first-order valence-corrected chi connectivity index (χ1v) is 5.67. The fourth-order valence-corrected chi connectivity index (χ4v) is 2.06. The molecule has 0 aromatic heterocycles. The Balaban J connectivity index is 2.52. The third-order valence-corrected chi connectivity index (χ3v) is 2.73. The van der Waals surface area contributed by atoms with Gasteiger partial charge in [0.25, 0.3) is 0 Å². The van der Waals surface area contributed by atoms with Gasteiger partial charge in [0.2, 0.25) is 0 Å². The molecule has 0 saturated carbocycles. The highest BCUT2D eigenvalue weighted by molar-refractivity contribution is 8.13. The van der Waals surface area contributed by atoms with E-state index in [1.54, 1.807) is 0 Å². The highest BCUT2D eigenvalue weighted by atomic mass is 32.2. The van der Waals surface area contributed by atoms with Crippen LogP contribution in [0.4, 0.5) is 0 Å². The molecular formula is C12H16OS. The van der Waals surface area contributed by atoms with Crippen LogP contribution in [0.1, 0.15) is 25.8 Å². The molecule has 0 amide bonds. The number of thioether (sulfide) groups is 1. The number of hydrogen-bond acceptors (Lipinski definition) is 2. The summed E-state index contributed by atoms with van der Waals surface area (Å²) in [5.74, 6) is 0.445. The molecule has 0 radical (unpaired) electrons. The fraction of sp³-hybridized carbons (Fsp3) is 0.417. The van der Waals surface area contributed by atoms with Crippen LogP contribution in [-0.2, 0) is 4.79 Å². The first-order chi connectivity index (χ1) is 6.58. The van der Waals surface area contributed by atoms with Gasteiger partial charge in [-0.3, -0.25) is 4.79 Å². The minimum absolute atomic E-state index is 0.254. The van der Waals surface area contributed by atoms with Crippen LogP contribution in [0.5, 0.6) is 0 Å². The van der Waals surface area contributed by atoms with Gasteiger partial charge in [-0.25, -0.2) is 0 Å². The first-order valence-electron chi connectivity index (χ1n) is 4.85. The van der Waals surface area contributed by atoms with Crippen molar-refractivity contribution in [3.8, 4) is 0 Å². The largest absolute Gasteiger partial charge is 0.287 e. The molecule has 0 aliphatic rings. The molecule has 0 bridgehead atoms. The standard InChI is InChI=1S/C12H16OS/c1-9(2)8-12(13)14-11-6-4-10(3)5-7-11/h4-7,9H,8H2,1-3H3. The minimum Gasteiger partial charge on any atom is -0.287 e. The molecular weight excluding hydrogens is 192 g/mol. The van der Waals surface area contributed by atoms with Crippen molar-refractivity contribution >= 4 is 16.9 Å². The van der Waals surface area contributed by atoms with Gasteiger partial charge >= 0.3 is 0 Å². The number of rotatable bonds is 3. The molecule has 0 N–H and O–H groups in total. The van der Waals surface area contributed by atoms with Crippen molar-refractivity contribution in [1.82, 2.24) is 0 Å². The van der Waals surface area contributed by atoms with Crippen molar-refractivity contribution in [2.75, 3.05) is 0 Å². The third-order valence-electron chi connectivity index (χ3n) is 1.83. The molecule has 0 spiro atoms. The van der Waals surface area contributed by atoms with Crippen molar-refractivity contribution in [2.45, 2.75) is 32.1 Å². The van der Waals surface area contributed by atoms with Gasteiger partial charge < -0.3 is 0 Å². The lowest BCUT2D eigenvalue weighted by Gasteiger charge is -2.03. The van der Waals surface area contributed by atoms with E-state index in [2.05, 4.69) is 13.8 Å². The van der Waals surface area contributed by atoms with Gasteiger partial charge in [0, 0.05) is 11.3 Å². The van der Waals surface area contributed by atoms with E-state index in [0.29, 0.717) is 12.3 Å². The lowest BCUT2D eigenvalue weighted by Crippen LogP contribution is -1.97. The zero-order valence-electron chi connectivity index (χ0n) is 8.91. The molecule has 0 aliphatic carbocycles. The Kier molecular flexibility index (Phi) is 4.21. The monoisotopic (exact) mass is 208 g/mol. The fourth-order valence-electron chi connectivity index (χ4n) is 1.11. The van der Waals surface area contributed by atoms with Crippen molar-refractivity contribution in [1.29, 1.82) is 0 Å². The van der Waals surface area contributed by atoms with E-state index >= 15 is 0 Å². The zero-order chi connectivity index (χ0) is 10.6. The maximum Gasteiger partial charge on any atom is 0.193 e. The predicted octanol–water partition coefficient (Wildman–Crippen LogP) is 3.66. The van der Waals surface area contributed by atoms with E-state index in [0.717, 1.165) is 4.90 Å². The topological polar surface area (TPSA) is 17.1 Å². The second-order valence-electron chi connectivity index (χ2n) is 3.89. The third kappa shape index (κ3) is 3.97. The second kappa shape index (κ2) is 5.20. The van der Waals surface area contributed by atoms with Crippen LogP contribution in [0.2, 0.25) is 0 Å². The van der Waals surface area contributed by atoms with Crippen molar-refractivity contribution in [3.05, 3.63) is 29.8 Å². The molecule has 1 aromatic carbocycles. The van der Waals surface area contributed by atoms with E-state index in [-0.39, 0.29) is 5.12 Å². The Morgan fingerprint density at radius 3 is 2.36 bits per heavy atom. The summed E-state index contributed by atoms with van der Waals surface area (Å²) in [7, 11) is 0. The Labute approximate surface area is 89.9 Å². The van der Waals surface area contributed by atoms with Gasteiger partial charge in [-0.05, 0) is 25.0 Å². The molecule has 0 atom stereocenters. The summed E-state index contributed by atoms with van der Waals surface area (Å²) in [6, 6.07) is 8.06. The Morgan fingerprint density at radius 1 is 1.29 bits per heavy atom. The van der Waals surface area contributed by atoms with Gasteiger partial charge in [-0.15, -0.1) is 0 Å². The Hall–Kier alpha value is -0.760. The smallest absolute Gasteiger partial charge is 0.193 e. The summed E-state index contributed by atoms with van der Waals surface area (Å²) >= 11 is 1.34. The molecule has 0 fully saturated rings. The average molecular weight is 208 g/mol.